The summed E-state index contributed by atoms with van der Waals surface area (Å²) in [6.45, 7) is 6.13. The molecule has 6 heteroatoms. The van der Waals surface area contributed by atoms with E-state index in [1.54, 1.807) is 0 Å². The van der Waals surface area contributed by atoms with E-state index < -0.39 is 18.2 Å². The molecule has 0 fully saturated rings. The molecule has 0 aliphatic rings. The summed E-state index contributed by atoms with van der Waals surface area (Å²) in [7, 11) is 0. The Labute approximate surface area is 331 Å². The van der Waals surface area contributed by atoms with Crippen molar-refractivity contribution in [1.82, 2.24) is 5.32 Å². The van der Waals surface area contributed by atoms with E-state index in [4.69, 9.17) is 4.74 Å². The molecule has 306 valence electrons. The fourth-order valence-corrected chi connectivity index (χ4v) is 5.82. The first kappa shape index (κ1) is 50.8. The minimum absolute atomic E-state index is 0.0335. The van der Waals surface area contributed by atoms with Crippen LogP contribution in [0.4, 0.5) is 0 Å². The lowest BCUT2D eigenvalue weighted by Gasteiger charge is -2.24. The van der Waals surface area contributed by atoms with Crippen molar-refractivity contribution in [3.8, 4) is 0 Å². The van der Waals surface area contributed by atoms with Crippen LogP contribution in [0.2, 0.25) is 0 Å². The van der Waals surface area contributed by atoms with Crippen LogP contribution in [-0.2, 0) is 14.3 Å². The normalized spacial score (nSPS) is 14.4. The highest BCUT2D eigenvalue weighted by molar-refractivity contribution is 5.77. The van der Waals surface area contributed by atoms with E-state index in [-0.39, 0.29) is 24.9 Å². The van der Waals surface area contributed by atoms with Crippen molar-refractivity contribution in [2.45, 2.75) is 187 Å². The molecule has 0 radical (unpaired) electrons. The first-order valence-corrected chi connectivity index (χ1v) is 21.5. The van der Waals surface area contributed by atoms with Crippen LogP contribution in [0.5, 0.6) is 0 Å². The molecule has 54 heavy (non-hydrogen) atoms. The van der Waals surface area contributed by atoms with Crippen LogP contribution >= 0.6 is 0 Å². The summed E-state index contributed by atoms with van der Waals surface area (Å²) in [6.07, 6.45) is 53.5. The molecule has 0 heterocycles. The Balaban J connectivity index is 4.81. The summed E-state index contributed by atoms with van der Waals surface area (Å²) in [5.74, 6) is -0.648. The zero-order valence-electron chi connectivity index (χ0n) is 34.6. The van der Waals surface area contributed by atoms with E-state index in [1.165, 1.54) is 44.9 Å². The van der Waals surface area contributed by atoms with Crippen molar-refractivity contribution in [3.05, 3.63) is 97.2 Å². The summed E-state index contributed by atoms with van der Waals surface area (Å²) in [4.78, 5) is 25.9. The quantitative estimate of drug-likeness (QED) is 0.0256. The number of hydrogen-bond donors (Lipinski definition) is 3. The predicted molar refractivity (Wildman–Crippen MR) is 231 cm³/mol. The van der Waals surface area contributed by atoms with Gasteiger partial charge in [-0.15, -0.1) is 0 Å². The van der Waals surface area contributed by atoms with Crippen LogP contribution in [0.3, 0.4) is 0 Å². The van der Waals surface area contributed by atoms with Crippen molar-refractivity contribution in [1.29, 1.82) is 0 Å². The van der Waals surface area contributed by atoms with E-state index in [0.29, 0.717) is 19.3 Å². The molecule has 0 aromatic heterocycles. The third kappa shape index (κ3) is 35.8. The van der Waals surface area contributed by atoms with Gasteiger partial charge in [-0.25, -0.2) is 0 Å². The van der Waals surface area contributed by atoms with Gasteiger partial charge in [0.2, 0.25) is 5.91 Å². The zero-order valence-corrected chi connectivity index (χ0v) is 34.6. The average Bonchev–Trinajstić information content (AvgIpc) is 3.16. The highest BCUT2D eigenvalue weighted by Gasteiger charge is 2.23. The summed E-state index contributed by atoms with van der Waals surface area (Å²) in [6, 6.07) is -0.747. The second-order valence-electron chi connectivity index (χ2n) is 14.1. The number of ether oxygens (including phenoxy) is 1. The third-order valence-corrected chi connectivity index (χ3v) is 9.04. The van der Waals surface area contributed by atoms with Crippen LogP contribution < -0.4 is 5.32 Å². The van der Waals surface area contributed by atoms with Gasteiger partial charge < -0.3 is 20.3 Å². The molecule has 3 N–H and O–H groups in total. The number of esters is 1. The Hall–Kier alpha value is -3.22. The average molecular weight is 750 g/mol. The van der Waals surface area contributed by atoms with Gasteiger partial charge >= 0.3 is 5.97 Å². The van der Waals surface area contributed by atoms with E-state index in [1.807, 2.05) is 54.7 Å². The standard InChI is InChI=1S/C48H79NO5/c1-4-7-10-13-16-19-22-23-24-26-29-32-35-38-41-48(53)54-44(39-36-33-30-27-25-20-17-14-11-8-5-2)42-47(52)49-45(43-50)46(51)40-37-34-31-28-21-18-15-12-9-6-3/h7-8,10-11,14,16-17,19-20,23-25,27,30,33,36,44-46,50-51H,4-6,9,12-13,15,18,21-22,26,28-29,31-32,34-35,37-43H2,1-3H3,(H,49,52)/b10-7+,11-8+,17-14+,19-16+,24-23+,25-20-,30-27-,36-33+. The number of carbonyl (C=O) groups excluding carboxylic acids is 2. The topological polar surface area (TPSA) is 95.9 Å². The Kier molecular flexibility index (Phi) is 38.5. The SMILES string of the molecule is CC/C=C/C=C/C=C\C=C/C=C/CC(CC(=O)NC(CO)C(O)CCCCCCCCCCCC)OC(=O)CCCCCC/C=C/C/C=C/C/C=C/CC. The van der Waals surface area contributed by atoms with Crippen LogP contribution in [0.15, 0.2) is 97.2 Å². The molecule has 0 rings (SSSR count). The van der Waals surface area contributed by atoms with Gasteiger partial charge in [-0.1, -0.05) is 195 Å². The maximum atomic E-state index is 13.1. The molecule has 0 aliphatic carbocycles. The molecular weight excluding hydrogens is 671 g/mol. The van der Waals surface area contributed by atoms with Crippen molar-refractivity contribution in [3.63, 3.8) is 0 Å². The van der Waals surface area contributed by atoms with E-state index in [9.17, 15) is 19.8 Å². The van der Waals surface area contributed by atoms with Crippen molar-refractivity contribution >= 4 is 11.9 Å². The first-order valence-electron chi connectivity index (χ1n) is 21.5. The lowest BCUT2D eigenvalue weighted by Crippen LogP contribution is -2.46. The molecule has 1 amide bonds. The highest BCUT2D eigenvalue weighted by atomic mass is 16.5. The number of aliphatic hydroxyl groups excluding tert-OH is 2. The van der Waals surface area contributed by atoms with Crippen LogP contribution in [0, 0.1) is 0 Å². The van der Waals surface area contributed by atoms with Crippen LogP contribution in [-0.4, -0.2) is 46.9 Å². The van der Waals surface area contributed by atoms with Crippen molar-refractivity contribution in [2.75, 3.05) is 6.61 Å². The number of rotatable bonds is 36. The fourth-order valence-electron chi connectivity index (χ4n) is 5.82. The Morgan fingerprint density at radius 3 is 1.72 bits per heavy atom. The van der Waals surface area contributed by atoms with Gasteiger partial charge in [0.05, 0.1) is 25.2 Å². The molecule has 6 nitrogen and oxygen atoms in total. The monoisotopic (exact) mass is 750 g/mol. The van der Waals surface area contributed by atoms with E-state index in [0.717, 1.165) is 77.0 Å². The first-order chi connectivity index (χ1) is 26.5. The molecule has 0 saturated heterocycles. The molecule has 0 aromatic carbocycles. The van der Waals surface area contributed by atoms with Gasteiger partial charge in [-0.3, -0.25) is 9.59 Å². The number of aliphatic hydroxyl groups is 2. The lowest BCUT2D eigenvalue weighted by molar-refractivity contribution is -0.150. The summed E-state index contributed by atoms with van der Waals surface area (Å²) in [5.41, 5.74) is 0. The van der Waals surface area contributed by atoms with Gasteiger partial charge in [-0.05, 0) is 51.4 Å². The van der Waals surface area contributed by atoms with Crippen molar-refractivity contribution in [2.24, 2.45) is 0 Å². The number of unbranched alkanes of at least 4 members (excludes halogenated alkanes) is 13. The minimum Gasteiger partial charge on any atom is -0.461 e. The van der Waals surface area contributed by atoms with E-state index in [2.05, 4.69) is 68.6 Å². The highest BCUT2D eigenvalue weighted by Crippen LogP contribution is 2.15. The molecule has 3 unspecified atom stereocenters. The Bertz CT molecular complexity index is 1110. The Morgan fingerprint density at radius 2 is 1.11 bits per heavy atom. The molecular formula is C48H79NO5. The zero-order chi connectivity index (χ0) is 39.6. The van der Waals surface area contributed by atoms with Gasteiger partial charge in [0.25, 0.3) is 0 Å². The van der Waals surface area contributed by atoms with Crippen LogP contribution in [0.25, 0.3) is 0 Å². The predicted octanol–water partition coefficient (Wildman–Crippen LogP) is 12.2. The second-order valence-corrected chi connectivity index (χ2v) is 14.1. The molecule has 0 saturated carbocycles. The molecule has 0 aliphatic heterocycles. The largest absolute Gasteiger partial charge is 0.461 e. The number of amides is 1. The number of carbonyl (C=O) groups is 2. The van der Waals surface area contributed by atoms with Crippen molar-refractivity contribution < 1.29 is 24.5 Å². The fraction of sp³-hybridized carbons (Fsp3) is 0.625. The maximum absolute atomic E-state index is 13.1. The number of hydrogen-bond acceptors (Lipinski definition) is 5. The third-order valence-electron chi connectivity index (χ3n) is 9.04. The number of nitrogens with one attached hydrogen (secondary N) is 1. The number of allylic oxidation sites excluding steroid dienone is 15. The summed E-state index contributed by atoms with van der Waals surface area (Å²) < 4.78 is 5.79. The van der Waals surface area contributed by atoms with Gasteiger partial charge in [0.1, 0.15) is 6.10 Å². The smallest absolute Gasteiger partial charge is 0.306 e. The molecule has 3 atom stereocenters. The van der Waals surface area contributed by atoms with Gasteiger partial charge in [0, 0.05) is 12.8 Å². The van der Waals surface area contributed by atoms with E-state index >= 15 is 0 Å². The Morgan fingerprint density at radius 1 is 0.593 bits per heavy atom. The summed E-state index contributed by atoms with van der Waals surface area (Å²) >= 11 is 0. The van der Waals surface area contributed by atoms with Crippen LogP contribution in [0.1, 0.15) is 168 Å². The molecule has 0 aromatic rings. The van der Waals surface area contributed by atoms with Gasteiger partial charge in [-0.2, -0.15) is 0 Å². The molecule has 0 spiro atoms. The summed E-state index contributed by atoms with van der Waals surface area (Å²) in [5, 5.41) is 23.5. The minimum atomic E-state index is -0.824. The maximum Gasteiger partial charge on any atom is 0.306 e. The second kappa shape index (κ2) is 41.0. The lowest BCUT2D eigenvalue weighted by atomic mass is 10.0. The molecule has 0 bridgehead atoms. The van der Waals surface area contributed by atoms with Gasteiger partial charge in [0.15, 0.2) is 0 Å².